The number of benzene rings is 1. The minimum atomic E-state index is 0. The summed E-state index contributed by atoms with van der Waals surface area (Å²) in [5, 5.41) is 0. The van der Waals surface area contributed by atoms with Gasteiger partial charge in [0.2, 0.25) is 0 Å². The van der Waals surface area contributed by atoms with Gasteiger partial charge in [-0.05, 0) is 24.5 Å². The summed E-state index contributed by atoms with van der Waals surface area (Å²) >= 11 is 0. The van der Waals surface area contributed by atoms with Gasteiger partial charge in [-0.15, -0.1) is 17.0 Å². The van der Waals surface area contributed by atoms with Crippen LogP contribution in [0, 0.1) is 0 Å². The lowest BCUT2D eigenvalue weighted by Gasteiger charge is -2.02. The fourth-order valence-corrected chi connectivity index (χ4v) is 2.16. The van der Waals surface area contributed by atoms with Crippen molar-refractivity contribution in [2.24, 2.45) is 7.05 Å². The van der Waals surface area contributed by atoms with Crippen molar-refractivity contribution in [3.8, 4) is 0 Å². The molecular formula is C14H21BrN2. The first-order chi connectivity index (χ1) is 7.83. The second-order valence-electron chi connectivity index (χ2n) is 4.45. The number of para-hydroxylation sites is 1. The van der Waals surface area contributed by atoms with Crippen LogP contribution in [0.15, 0.2) is 24.5 Å². The topological polar surface area (TPSA) is 17.8 Å². The molecule has 0 unspecified atom stereocenters. The van der Waals surface area contributed by atoms with E-state index >= 15 is 0 Å². The molecule has 0 saturated carbocycles. The van der Waals surface area contributed by atoms with E-state index in [1.807, 2.05) is 6.33 Å². The van der Waals surface area contributed by atoms with Crippen LogP contribution in [0.1, 0.15) is 38.2 Å². The third-order valence-electron chi connectivity index (χ3n) is 3.14. The summed E-state index contributed by atoms with van der Waals surface area (Å²) in [7, 11) is 2.05. The summed E-state index contributed by atoms with van der Waals surface area (Å²) in [5.41, 5.74) is 3.82. The molecule has 17 heavy (non-hydrogen) atoms. The van der Waals surface area contributed by atoms with Crippen molar-refractivity contribution in [1.82, 2.24) is 9.55 Å². The normalized spacial score (nSPS) is 10.5. The SMILES string of the molecule is Br.CCCCCCc1cccc2c1ncn2C. The van der Waals surface area contributed by atoms with Gasteiger partial charge in [0.25, 0.3) is 0 Å². The first-order valence-electron chi connectivity index (χ1n) is 6.22. The monoisotopic (exact) mass is 296 g/mol. The van der Waals surface area contributed by atoms with Gasteiger partial charge >= 0.3 is 0 Å². The Balaban J connectivity index is 0.00000144. The van der Waals surface area contributed by atoms with Gasteiger partial charge in [0, 0.05) is 7.05 Å². The number of hydrogen-bond donors (Lipinski definition) is 0. The summed E-state index contributed by atoms with van der Waals surface area (Å²) in [6.45, 7) is 2.25. The fourth-order valence-electron chi connectivity index (χ4n) is 2.16. The Morgan fingerprint density at radius 2 is 2.00 bits per heavy atom. The maximum atomic E-state index is 4.48. The third kappa shape index (κ3) is 3.32. The van der Waals surface area contributed by atoms with Gasteiger partial charge in [0.05, 0.1) is 17.4 Å². The second kappa shape index (κ2) is 6.80. The lowest BCUT2D eigenvalue weighted by Crippen LogP contribution is -1.89. The number of nitrogens with zero attached hydrogens (tertiary/aromatic N) is 2. The van der Waals surface area contributed by atoms with E-state index in [0.29, 0.717) is 0 Å². The summed E-state index contributed by atoms with van der Waals surface area (Å²) in [6, 6.07) is 6.48. The lowest BCUT2D eigenvalue weighted by molar-refractivity contribution is 0.668. The van der Waals surface area contributed by atoms with Gasteiger partial charge in [-0.25, -0.2) is 4.98 Å². The molecule has 0 aliphatic heterocycles. The van der Waals surface area contributed by atoms with Crippen molar-refractivity contribution in [3.63, 3.8) is 0 Å². The maximum absolute atomic E-state index is 4.48. The summed E-state index contributed by atoms with van der Waals surface area (Å²) < 4.78 is 2.09. The first kappa shape index (κ1) is 14.2. The molecule has 0 atom stereocenters. The van der Waals surface area contributed by atoms with E-state index in [4.69, 9.17) is 0 Å². The Labute approximate surface area is 114 Å². The Morgan fingerprint density at radius 3 is 2.76 bits per heavy atom. The molecule has 2 rings (SSSR count). The Hall–Kier alpha value is -0.830. The average molecular weight is 297 g/mol. The number of unbranched alkanes of at least 4 members (excludes halogenated alkanes) is 3. The number of hydrogen-bond acceptors (Lipinski definition) is 1. The van der Waals surface area contributed by atoms with Crippen LogP contribution < -0.4 is 0 Å². The molecule has 0 bridgehead atoms. The van der Waals surface area contributed by atoms with E-state index < -0.39 is 0 Å². The van der Waals surface area contributed by atoms with Crippen molar-refractivity contribution in [3.05, 3.63) is 30.1 Å². The maximum Gasteiger partial charge on any atom is 0.0955 e. The van der Waals surface area contributed by atoms with E-state index in [9.17, 15) is 0 Å². The molecule has 0 aliphatic rings. The van der Waals surface area contributed by atoms with Gasteiger partial charge in [-0.1, -0.05) is 38.3 Å². The number of aromatic nitrogens is 2. The van der Waals surface area contributed by atoms with Gasteiger partial charge in [-0.2, -0.15) is 0 Å². The number of imidazole rings is 1. The highest BCUT2D eigenvalue weighted by molar-refractivity contribution is 8.93. The molecule has 0 aliphatic carbocycles. The molecule has 2 aromatic rings. The average Bonchev–Trinajstić information content (AvgIpc) is 2.68. The Morgan fingerprint density at radius 1 is 1.18 bits per heavy atom. The quantitative estimate of drug-likeness (QED) is 0.753. The van der Waals surface area contributed by atoms with Crippen molar-refractivity contribution in [1.29, 1.82) is 0 Å². The van der Waals surface area contributed by atoms with Crippen molar-refractivity contribution >= 4 is 28.0 Å². The van der Waals surface area contributed by atoms with Crippen LogP contribution in [0.5, 0.6) is 0 Å². The summed E-state index contributed by atoms with van der Waals surface area (Å²) in [4.78, 5) is 4.48. The largest absolute Gasteiger partial charge is 0.334 e. The van der Waals surface area contributed by atoms with E-state index in [1.165, 1.54) is 42.3 Å². The smallest absolute Gasteiger partial charge is 0.0955 e. The molecule has 0 spiro atoms. The minimum Gasteiger partial charge on any atom is -0.334 e. The molecule has 0 fully saturated rings. The summed E-state index contributed by atoms with van der Waals surface area (Å²) in [6.07, 6.45) is 8.32. The zero-order valence-corrected chi connectivity index (χ0v) is 12.4. The Kier molecular flexibility index (Phi) is 5.69. The molecule has 2 nitrogen and oxygen atoms in total. The molecule has 1 aromatic heterocycles. The number of rotatable bonds is 5. The highest BCUT2D eigenvalue weighted by atomic mass is 79.9. The van der Waals surface area contributed by atoms with Crippen LogP contribution in [0.25, 0.3) is 11.0 Å². The van der Waals surface area contributed by atoms with E-state index in [2.05, 4.69) is 41.7 Å². The van der Waals surface area contributed by atoms with Crippen LogP contribution in [-0.2, 0) is 13.5 Å². The second-order valence-corrected chi connectivity index (χ2v) is 4.45. The molecular weight excluding hydrogens is 276 g/mol. The van der Waals surface area contributed by atoms with Crippen molar-refractivity contribution < 1.29 is 0 Å². The molecule has 0 saturated heterocycles. The minimum absolute atomic E-state index is 0. The van der Waals surface area contributed by atoms with Crippen LogP contribution in [-0.4, -0.2) is 9.55 Å². The molecule has 1 heterocycles. The highest BCUT2D eigenvalue weighted by Crippen LogP contribution is 2.18. The number of aryl methyl sites for hydroxylation is 2. The molecule has 0 amide bonds. The molecule has 0 radical (unpaired) electrons. The fraction of sp³-hybridized carbons (Fsp3) is 0.500. The third-order valence-corrected chi connectivity index (χ3v) is 3.14. The van der Waals surface area contributed by atoms with Gasteiger partial charge in [-0.3, -0.25) is 0 Å². The van der Waals surface area contributed by atoms with Gasteiger partial charge < -0.3 is 4.57 Å². The first-order valence-corrected chi connectivity index (χ1v) is 6.22. The van der Waals surface area contributed by atoms with Gasteiger partial charge in [0.1, 0.15) is 0 Å². The highest BCUT2D eigenvalue weighted by Gasteiger charge is 2.04. The van der Waals surface area contributed by atoms with Crippen LogP contribution >= 0.6 is 17.0 Å². The van der Waals surface area contributed by atoms with Crippen molar-refractivity contribution in [2.75, 3.05) is 0 Å². The zero-order valence-electron chi connectivity index (χ0n) is 10.6. The zero-order chi connectivity index (χ0) is 11.4. The number of fused-ring (bicyclic) bond motifs is 1. The van der Waals surface area contributed by atoms with E-state index in [0.717, 1.165) is 6.42 Å². The number of halogens is 1. The molecule has 1 aromatic carbocycles. The van der Waals surface area contributed by atoms with E-state index in [1.54, 1.807) is 0 Å². The molecule has 94 valence electrons. The van der Waals surface area contributed by atoms with Crippen molar-refractivity contribution in [2.45, 2.75) is 39.0 Å². The van der Waals surface area contributed by atoms with Crippen LogP contribution in [0.2, 0.25) is 0 Å². The van der Waals surface area contributed by atoms with Crippen LogP contribution in [0.3, 0.4) is 0 Å². The predicted octanol–water partition coefficient (Wildman–Crippen LogP) is 4.27. The van der Waals surface area contributed by atoms with E-state index in [-0.39, 0.29) is 17.0 Å². The molecule has 0 N–H and O–H groups in total. The van der Waals surface area contributed by atoms with Gasteiger partial charge in [0.15, 0.2) is 0 Å². The lowest BCUT2D eigenvalue weighted by atomic mass is 10.0. The Bertz CT molecular complexity index is 462. The molecule has 3 heteroatoms. The standard InChI is InChI=1S/C14H20N2.BrH/c1-3-4-5-6-8-12-9-7-10-13-14(12)15-11-16(13)2;/h7,9-11H,3-6,8H2,1-2H3;1H. The predicted molar refractivity (Wildman–Crippen MR) is 78.9 cm³/mol. The van der Waals surface area contributed by atoms with Crippen LogP contribution in [0.4, 0.5) is 0 Å². The summed E-state index contributed by atoms with van der Waals surface area (Å²) in [5.74, 6) is 0.